The van der Waals surface area contributed by atoms with Gasteiger partial charge in [-0.2, -0.15) is 0 Å². The molecule has 0 saturated carbocycles. The van der Waals surface area contributed by atoms with Crippen molar-refractivity contribution in [3.05, 3.63) is 75.3 Å². The van der Waals surface area contributed by atoms with Crippen LogP contribution in [-0.4, -0.2) is 26.3 Å². The van der Waals surface area contributed by atoms with Crippen LogP contribution in [0.3, 0.4) is 0 Å². The van der Waals surface area contributed by atoms with Gasteiger partial charge in [-0.05, 0) is 40.2 Å². The molecule has 0 spiro atoms. The Balaban J connectivity index is 1.60. The summed E-state index contributed by atoms with van der Waals surface area (Å²) >= 11 is 6.22. The van der Waals surface area contributed by atoms with Crippen LogP contribution in [0.25, 0.3) is 11.4 Å². The third-order valence-corrected chi connectivity index (χ3v) is 6.45. The molecule has 0 aliphatic heterocycles. The van der Waals surface area contributed by atoms with E-state index in [1.165, 1.54) is 23.1 Å². The first kappa shape index (κ1) is 18.2. The number of thioether (sulfide) groups is 1. The van der Waals surface area contributed by atoms with Crippen molar-refractivity contribution in [1.82, 2.24) is 14.8 Å². The van der Waals surface area contributed by atoms with Gasteiger partial charge in [0.05, 0.1) is 27.2 Å². The van der Waals surface area contributed by atoms with Gasteiger partial charge in [0.25, 0.3) is 0 Å². The molecule has 0 amide bonds. The number of benzene rings is 1. The SMILES string of the molecule is O=C(CSc1nnc(-c2ccccc2)n1Cc1ccco1)c1ccc(Br)s1. The molecular formula is C19H14BrN3O2S2. The van der Waals surface area contributed by atoms with Gasteiger partial charge in [-0.1, -0.05) is 42.1 Å². The van der Waals surface area contributed by atoms with Crippen LogP contribution >= 0.6 is 39.0 Å². The lowest BCUT2D eigenvalue weighted by Gasteiger charge is -2.08. The van der Waals surface area contributed by atoms with Gasteiger partial charge in [0.1, 0.15) is 5.76 Å². The van der Waals surface area contributed by atoms with Crippen molar-refractivity contribution in [3.8, 4) is 11.4 Å². The molecule has 4 rings (SSSR count). The number of aromatic nitrogens is 3. The van der Waals surface area contributed by atoms with Gasteiger partial charge in [0, 0.05) is 5.56 Å². The van der Waals surface area contributed by atoms with Crippen molar-refractivity contribution < 1.29 is 9.21 Å². The Bertz CT molecular complexity index is 1040. The molecule has 0 radical (unpaired) electrons. The second-order valence-corrected chi connectivity index (χ2v) is 9.06. The van der Waals surface area contributed by atoms with E-state index < -0.39 is 0 Å². The van der Waals surface area contributed by atoms with Crippen molar-refractivity contribution in [2.24, 2.45) is 0 Å². The average Bonchev–Trinajstić information content (AvgIpc) is 3.43. The fourth-order valence-electron chi connectivity index (χ4n) is 2.56. The Morgan fingerprint density at radius 1 is 1.11 bits per heavy atom. The number of halogens is 1. The molecule has 0 aliphatic carbocycles. The monoisotopic (exact) mass is 459 g/mol. The van der Waals surface area contributed by atoms with Crippen LogP contribution < -0.4 is 0 Å². The molecule has 0 unspecified atom stereocenters. The van der Waals surface area contributed by atoms with Crippen molar-refractivity contribution in [3.63, 3.8) is 0 Å². The minimum absolute atomic E-state index is 0.0736. The summed E-state index contributed by atoms with van der Waals surface area (Å²) in [6.45, 7) is 0.505. The van der Waals surface area contributed by atoms with Crippen molar-refractivity contribution >= 4 is 44.8 Å². The standard InChI is InChI=1S/C19H14BrN3O2S2/c20-17-9-8-16(27-17)15(24)12-26-19-22-21-18(13-5-2-1-3-6-13)23(19)11-14-7-4-10-25-14/h1-10H,11-12H2. The smallest absolute Gasteiger partial charge is 0.192 e. The minimum Gasteiger partial charge on any atom is -0.467 e. The number of carbonyl (C=O) groups is 1. The van der Waals surface area contributed by atoms with Gasteiger partial charge in [-0.3, -0.25) is 9.36 Å². The Hall–Kier alpha value is -2.16. The Morgan fingerprint density at radius 3 is 2.67 bits per heavy atom. The van der Waals surface area contributed by atoms with E-state index in [9.17, 15) is 4.79 Å². The predicted molar refractivity (Wildman–Crippen MR) is 110 cm³/mol. The predicted octanol–water partition coefficient (Wildman–Crippen LogP) is 5.39. The third-order valence-electron chi connectivity index (χ3n) is 3.82. The Labute approximate surface area is 172 Å². The van der Waals surface area contributed by atoms with Crippen LogP contribution in [0, 0.1) is 0 Å². The van der Waals surface area contributed by atoms with Crippen molar-refractivity contribution in [1.29, 1.82) is 0 Å². The number of Topliss-reactive ketones (excluding diaryl/α,β-unsaturated/α-hetero) is 1. The first-order valence-electron chi connectivity index (χ1n) is 8.13. The van der Waals surface area contributed by atoms with E-state index >= 15 is 0 Å². The lowest BCUT2D eigenvalue weighted by molar-refractivity contribution is 0.102. The molecule has 1 aromatic carbocycles. The largest absolute Gasteiger partial charge is 0.467 e. The van der Waals surface area contributed by atoms with Crippen molar-refractivity contribution in [2.75, 3.05) is 5.75 Å². The topological polar surface area (TPSA) is 60.9 Å². The molecule has 27 heavy (non-hydrogen) atoms. The maximum absolute atomic E-state index is 12.4. The first-order chi connectivity index (χ1) is 13.2. The van der Waals surface area contributed by atoms with Crippen LogP contribution in [-0.2, 0) is 6.54 Å². The number of rotatable bonds is 7. The molecule has 0 atom stereocenters. The first-order valence-corrected chi connectivity index (χ1v) is 10.7. The van der Waals surface area contributed by atoms with E-state index in [4.69, 9.17) is 4.42 Å². The summed E-state index contributed by atoms with van der Waals surface area (Å²) in [6, 6.07) is 17.4. The highest BCUT2D eigenvalue weighted by Gasteiger charge is 2.18. The van der Waals surface area contributed by atoms with Crippen molar-refractivity contribution in [2.45, 2.75) is 11.7 Å². The van der Waals surface area contributed by atoms with Gasteiger partial charge in [-0.15, -0.1) is 21.5 Å². The zero-order valence-electron chi connectivity index (χ0n) is 14.0. The molecule has 0 bridgehead atoms. The summed E-state index contributed by atoms with van der Waals surface area (Å²) in [5.74, 6) is 1.94. The number of ketones is 1. The Morgan fingerprint density at radius 2 is 1.96 bits per heavy atom. The number of thiophene rings is 1. The number of furan rings is 1. The molecule has 3 heterocycles. The average molecular weight is 460 g/mol. The number of carbonyl (C=O) groups excluding carboxylic acids is 1. The number of hydrogen-bond donors (Lipinski definition) is 0. The molecular weight excluding hydrogens is 446 g/mol. The van der Waals surface area contributed by atoms with Gasteiger partial charge in [-0.25, -0.2) is 0 Å². The quantitative estimate of drug-likeness (QED) is 0.274. The molecule has 0 N–H and O–H groups in total. The summed E-state index contributed by atoms with van der Waals surface area (Å²) in [5, 5.41) is 9.37. The second kappa shape index (κ2) is 8.24. The van der Waals surface area contributed by atoms with Gasteiger partial charge in [0.2, 0.25) is 0 Å². The van der Waals surface area contributed by atoms with Crippen LogP contribution in [0.4, 0.5) is 0 Å². The third kappa shape index (κ3) is 4.23. The highest BCUT2D eigenvalue weighted by Crippen LogP contribution is 2.28. The van der Waals surface area contributed by atoms with Crippen LogP contribution in [0.5, 0.6) is 0 Å². The molecule has 0 fully saturated rings. The fourth-order valence-corrected chi connectivity index (χ4v) is 4.80. The fraction of sp³-hybridized carbons (Fsp3) is 0.105. The molecule has 8 heteroatoms. The van der Waals surface area contributed by atoms with Gasteiger partial charge < -0.3 is 4.42 Å². The second-order valence-electron chi connectivity index (χ2n) is 5.65. The van der Waals surface area contributed by atoms with Crippen LogP contribution in [0.15, 0.2) is 74.2 Å². The van der Waals surface area contributed by atoms with Crippen LogP contribution in [0.1, 0.15) is 15.4 Å². The molecule has 5 nitrogen and oxygen atoms in total. The molecule has 0 aliphatic rings. The number of hydrogen-bond acceptors (Lipinski definition) is 6. The van der Waals surface area contributed by atoms with E-state index in [0.717, 1.165) is 25.8 Å². The Kier molecular flexibility index (Phi) is 5.56. The van der Waals surface area contributed by atoms with E-state index in [-0.39, 0.29) is 5.78 Å². The van der Waals surface area contributed by atoms with E-state index in [1.807, 2.05) is 59.2 Å². The van der Waals surface area contributed by atoms with Gasteiger partial charge >= 0.3 is 0 Å². The maximum atomic E-state index is 12.4. The zero-order valence-corrected chi connectivity index (χ0v) is 17.3. The van der Waals surface area contributed by atoms with E-state index in [1.54, 1.807) is 6.26 Å². The summed E-state index contributed by atoms with van der Waals surface area (Å²) in [4.78, 5) is 13.2. The van der Waals surface area contributed by atoms with Crippen LogP contribution in [0.2, 0.25) is 0 Å². The highest BCUT2D eigenvalue weighted by molar-refractivity contribution is 9.11. The van der Waals surface area contributed by atoms with E-state index in [2.05, 4.69) is 26.1 Å². The summed E-state index contributed by atoms with van der Waals surface area (Å²) in [6.07, 6.45) is 1.65. The summed E-state index contributed by atoms with van der Waals surface area (Å²) in [5.41, 5.74) is 0.969. The highest BCUT2D eigenvalue weighted by atomic mass is 79.9. The van der Waals surface area contributed by atoms with Gasteiger partial charge in [0.15, 0.2) is 16.8 Å². The minimum atomic E-state index is 0.0736. The lowest BCUT2D eigenvalue weighted by Crippen LogP contribution is -2.06. The molecule has 4 aromatic rings. The van der Waals surface area contributed by atoms with E-state index in [0.29, 0.717) is 17.5 Å². The lowest BCUT2D eigenvalue weighted by atomic mass is 10.2. The normalized spacial score (nSPS) is 11.0. The molecule has 0 saturated heterocycles. The molecule has 136 valence electrons. The maximum Gasteiger partial charge on any atom is 0.192 e. The summed E-state index contributed by atoms with van der Waals surface area (Å²) < 4.78 is 8.42. The zero-order chi connectivity index (χ0) is 18.6. The molecule has 3 aromatic heterocycles. The summed E-state index contributed by atoms with van der Waals surface area (Å²) in [7, 11) is 0. The number of nitrogens with zero attached hydrogens (tertiary/aromatic N) is 3.